The van der Waals surface area contributed by atoms with Crippen molar-refractivity contribution in [2.24, 2.45) is 11.8 Å². The number of aliphatic hydroxyl groups excluding tert-OH is 1. The van der Waals surface area contributed by atoms with Gasteiger partial charge >= 0.3 is 0 Å². The van der Waals surface area contributed by atoms with Crippen LogP contribution < -0.4 is 0 Å². The number of aliphatic hydroxyl groups is 1. The molecule has 1 amide bonds. The zero-order valence-corrected chi connectivity index (χ0v) is 13.8. The van der Waals surface area contributed by atoms with Crippen LogP contribution in [0, 0.1) is 18.8 Å². The number of piperidine rings is 2. The SMILES string of the molecule is Cc1ccc(-n2nccn2)c(C(=O)N2C3CC(C3)C(C)C2CO)n1. The normalized spacial score (nSPS) is 28.5. The van der Waals surface area contributed by atoms with Gasteiger partial charge in [0.05, 0.1) is 25.0 Å². The maximum absolute atomic E-state index is 13.3. The smallest absolute Gasteiger partial charge is 0.275 e. The molecular formula is C17H21N5O2. The number of hydrogen-bond donors (Lipinski definition) is 1. The van der Waals surface area contributed by atoms with Gasteiger partial charge < -0.3 is 10.0 Å². The van der Waals surface area contributed by atoms with E-state index in [1.165, 1.54) is 4.80 Å². The van der Waals surface area contributed by atoms with Crippen molar-refractivity contribution in [1.82, 2.24) is 24.9 Å². The van der Waals surface area contributed by atoms with Crippen LogP contribution >= 0.6 is 0 Å². The molecule has 3 aliphatic rings. The number of carbonyl (C=O) groups excluding carboxylic acids is 1. The van der Waals surface area contributed by atoms with Gasteiger partial charge in [0.15, 0.2) is 5.69 Å². The Labute approximate surface area is 140 Å². The number of amides is 1. The average Bonchev–Trinajstić information content (AvgIpc) is 3.06. The summed E-state index contributed by atoms with van der Waals surface area (Å²) in [6, 6.07) is 3.73. The van der Waals surface area contributed by atoms with E-state index in [2.05, 4.69) is 22.1 Å². The molecule has 24 heavy (non-hydrogen) atoms. The third-order valence-corrected chi connectivity index (χ3v) is 5.52. The third-order valence-electron chi connectivity index (χ3n) is 5.52. The minimum atomic E-state index is -0.143. The summed E-state index contributed by atoms with van der Waals surface area (Å²) in [5.74, 6) is 0.786. The predicted molar refractivity (Wildman–Crippen MR) is 86.6 cm³/mol. The van der Waals surface area contributed by atoms with Crippen LogP contribution in [0.25, 0.3) is 5.69 Å². The highest BCUT2D eigenvalue weighted by Gasteiger charge is 2.50. The second-order valence-electron chi connectivity index (χ2n) is 6.85. The number of hydrogen-bond acceptors (Lipinski definition) is 5. The molecule has 7 nitrogen and oxygen atoms in total. The fourth-order valence-corrected chi connectivity index (χ4v) is 4.03. The van der Waals surface area contributed by atoms with E-state index in [4.69, 9.17) is 0 Å². The molecule has 0 radical (unpaired) electrons. The van der Waals surface area contributed by atoms with Crippen LogP contribution in [-0.2, 0) is 0 Å². The van der Waals surface area contributed by atoms with Crippen molar-refractivity contribution in [2.45, 2.75) is 38.8 Å². The summed E-state index contributed by atoms with van der Waals surface area (Å²) in [7, 11) is 0. The summed E-state index contributed by atoms with van der Waals surface area (Å²) in [5, 5.41) is 18.1. The molecule has 2 aromatic heterocycles. The van der Waals surface area contributed by atoms with E-state index >= 15 is 0 Å². The topological polar surface area (TPSA) is 84.1 Å². The minimum absolute atomic E-state index is 0.0128. The van der Waals surface area contributed by atoms with E-state index in [-0.39, 0.29) is 24.6 Å². The lowest BCUT2D eigenvalue weighted by molar-refractivity contribution is -0.0704. The molecule has 2 aliphatic heterocycles. The summed E-state index contributed by atoms with van der Waals surface area (Å²) in [5.41, 5.74) is 1.69. The lowest BCUT2D eigenvalue weighted by atomic mass is 9.64. The van der Waals surface area contributed by atoms with E-state index in [0.717, 1.165) is 18.5 Å². The predicted octanol–water partition coefficient (Wildman–Crippen LogP) is 1.20. The molecule has 5 rings (SSSR count). The van der Waals surface area contributed by atoms with Crippen LogP contribution in [0.2, 0.25) is 0 Å². The van der Waals surface area contributed by atoms with Crippen molar-refractivity contribution in [3.8, 4) is 5.69 Å². The van der Waals surface area contributed by atoms with Gasteiger partial charge in [-0.15, -0.1) is 4.80 Å². The van der Waals surface area contributed by atoms with Gasteiger partial charge in [0, 0.05) is 11.7 Å². The van der Waals surface area contributed by atoms with Crippen LogP contribution in [0.15, 0.2) is 24.5 Å². The number of aromatic nitrogens is 4. The Bertz CT molecular complexity index is 754. The van der Waals surface area contributed by atoms with Crippen molar-refractivity contribution in [3.05, 3.63) is 35.9 Å². The van der Waals surface area contributed by atoms with Gasteiger partial charge in [-0.1, -0.05) is 6.92 Å². The maximum Gasteiger partial charge on any atom is 0.275 e. The van der Waals surface area contributed by atoms with Crippen molar-refractivity contribution < 1.29 is 9.90 Å². The van der Waals surface area contributed by atoms with Gasteiger partial charge in [-0.05, 0) is 43.7 Å². The summed E-state index contributed by atoms with van der Waals surface area (Å²) >= 11 is 0. The highest BCUT2D eigenvalue weighted by Crippen LogP contribution is 2.46. The molecule has 3 fully saturated rings. The monoisotopic (exact) mass is 327 g/mol. The molecule has 0 spiro atoms. The van der Waals surface area contributed by atoms with Crippen LogP contribution in [0.3, 0.4) is 0 Å². The highest BCUT2D eigenvalue weighted by atomic mass is 16.3. The summed E-state index contributed by atoms with van der Waals surface area (Å²) in [6.07, 6.45) is 5.18. The fraction of sp³-hybridized carbons (Fsp3) is 0.529. The third kappa shape index (κ3) is 2.23. The van der Waals surface area contributed by atoms with Gasteiger partial charge in [-0.25, -0.2) is 4.98 Å². The minimum Gasteiger partial charge on any atom is -0.394 e. The summed E-state index contributed by atoms with van der Waals surface area (Å²) < 4.78 is 0. The molecular weight excluding hydrogens is 306 g/mol. The molecule has 2 atom stereocenters. The number of carbonyl (C=O) groups is 1. The van der Waals surface area contributed by atoms with Gasteiger partial charge in [0.2, 0.25) is 0 Å². The molecule has 7 heteroatoms. The van der Waals surface area contributed by atoms with Crippen molar-refractivity contribution in [3.63, 3.8) is 0 Å². The lowest BCUT2D eigenvalue weighted by Gasteiger charge is -2.56. The Morgan fingerprint density at radius 1 is 1.29 bits per heavy atom. The summed E-state index contributed by atoms with van der Waals surface area (Å²) in [4.78, 5) is 21.0. The number of nitrogens with zero attached hydrogens (tertiary/aromatic N) is 5. The Kier molecular flexibility index (Phi) is 3.60. The number of pyridine rings is 1. The molecule has 1 saturated carbocycles. The Morgan fingerprint density at radius 2 is 2.00 bits per heavy atom. The average molecular weight is 327 g/mol. The molecule has 2 saturated heterocycles. The van der Waals surface area contributed by atoms with Gasteiger partial charge in [0.25, 0.3) is 5.91 Å². The maximum atomic E-state index is 13.3. The zero-order valence-electron chi connectivity index (χ0n) is 13.8. The Morgan fingerprint density at radius 3 is 2.67 bits per heavy atom. The highest BCUT2D eigenvalue weighted by molar-refractivity contribution is 5.96. The molecule has 4 heterocycles. The number of aryl methyl sites for hydroxylation is 1. The number of rotatable bonds is 3. The van der Waals surface area contributed by atoms with Crippen molar-refractivity contribution in [1.29, 1.82) is 0 Å². The van der Waals surface area contributed by atoms with Crippen LogP contribution in [0.1, 0.15) is 35.9 Å². The van der Waals surface area contributed by atoms with Crippen LogP contribution in [0.4, 0.5) is 0 Å². The molecule has 1 N–H and O–H groups in total. The van der Waals surface area contributed by atoms with E-state index < -0.39 is 0 Å². The standard InChI is InChI=1S/C17H21N5O2/c1-10-3-4-14(22-18-5-6-19-22)16(20-10)17(24)21-13-7-12(8-13)11(2)15(21)9-23/h3-6,11-13,15,23H,7-9H2,1-2H3. The number of fused-ring (bicyclic) bond motifs is 2. The molecule has 2 unspecified atom stereocenters. The van der Waals surface area contributed by atoms with Crippen LogP contribution in [0.5, 0.6) is 0 Å². The Balaban J connectivity index is 1.75. The lowest BCUT2D eigenvalue weighted by Crippen LogP contribution is -2.64. The second kappa shape index (κ2) is 5.66. The van der Waals surface area contributed by atoms with Gasteiger partial charge in [-0.2, -0.15) is 10.2 Å². The van der Waals surface area contributed by atoms with Crippen LogP contribution in [-0.4, -0.2) is 54.6 Å². The van der Waals surface area contributed by atoms with E-state index in [9.17, 15) is 9.90 Å². The fourth-order valence-electron chi connectivity index (χ4n) is 4.03. The zero-order chi connectivity index (χ0) is 16.8. The first-order valence-electron chi connectivity index (χ1n) is 8.38. The molecule has 2 bridgehead atoms. The largest absolute Gasteiger partial charge is 0.394 e. The molecule has 126 valence electrons. The van der Waals surface area contributed by atoms with Crippen molar-refractivity contribution >= 4 is 5.91 Å². The summed E-state index contributed by atoms with van der Waals surface area (Å²) in [6.45, 7) is 3.97. The van der Waals surface area contributed by atoms with E-state index in [1.54, 1.807) is 12.4 Å². The first kappa shape index (κ1) is 15.3. The van der Waals surface area contributed by atoms with E-state index in [0.29, 0.717) is 23.2 Å². The van der Waals surface area contributed by atoms with Gasteiger partial charge in [0.1, 0.15) is 5.69 Å². The van der Waals surface area contributed by atoms with Crippen molar-refractivity contribution in [2.75, 3.05) is 6.61 Å². The van der Waals surface area contributed by atoms with E-state index in [1.807, 2.05) is 24.0 Å². The molecule has 2 aromatic rings. The first-order valence-corrected chi connectivity index (χ1v) is 8.38. The Hall–Kier alpha value is -2.28. The molecule has 1 aliphatic carbocycles. The first-order chi connectivity index (χ1) is 11.6. The quantitative estimate of drug-likeness (QED) is 0.916. The second-order valence-corrected chi connectivity index (χ2v) is 6.85. The molecule has 0 aromatic carbocycles. The van der Waals surface area contributed by atoms with Gasteiger partial charge in [-0.3, -0.25) is 4.79 Å².